The Kier molecular flexibility index (Phi) is 7.28. The topological polar surface area (TPSA) is 63.5 Å². The molecule has 0 bridgehead atoms. The van der Waals surface area contributed by atoms with Crippen LogP contribution in [0, 0.1) is 0 Å². The Bertz CT molecular complexity index is 1320. The molecule has 1 saturated heterocycles. The maximum Gasteiger partial charge on any atom is 0.144 e. The average Bonchev–Trinajstić information content (AvgIpc) is 3.27. The van der Waals surface area contributed by atoms with Crippen molar-refractivity contribution < 1.29 is 9.53 Å². The Morgan fingerprint density at radius 2 is 1.86 bits per heavy atom. The first-order valence-corrected chi connectivity index (χ1v) is 12.6. The lowest BCUT2D eigenvalue weighted by atomic mass is 10.0. The van der Waals surface area contributed by atoms with Crippen molar-refractivity contribution in [3.8, 4) is 11.4 Å². The molecule has 36 heavy (non-hydrogen) atoms. The summed E-state index contributed by atoms with van der Waals surface area (Å²) in [6, 6.07) is 20.5. The fourth-order valence-corrected chi connectivity index (χ4v) is 5.15. The Labute approximate surface area is 212 Å². The number of carbonyl (C=O) groups excluding carboxylic acids is 1. The van der Waals surface area contributed by atoms with Crippen LogP contribution in [0.15, 0.2) is 73.1 Å². The molecule has 3 heterocycles. The van der Waals surface area contributed by atoms with E-state index in [1.165, 1.54) is 0 Å². The number of ketones is 1. The van der Waals surface area contributed by atoms with Gasteiger partial charge in [-0.1, -0.05) is 24.3 Å². The Hall–Kier alpha value is -3.71. The zero-order chi connectivity index (χ0) is 24.9. The van der Waals surface area contributed by atoms with E-state index in [1.807, 2.05) is 47.4 Å². The van der Waals surface area contributed by atoms with Gasteiger partial charge in [0.2, 0.25) is 0 Å². The van der Waals surface area contributed by atoms with Gasteiger partial charge in [0.15, 0.2) is 0 Å². The van der Waals surface area contributed by atoms with E-state index in [1.54, 1.807) is 14.0 Å². The lowest BCUT2D eigenvalue weighted by Crippen LogP contribution is -2.34. The van der Waals surface area contributed by atoms with Crippen molar-refractivity contribution in [2.45, 2.75) is 32.2 Å². The number of Topliss-reactive ketones (excluding diaryl/α,β-unsaturated/α-hetero) is 1. The SMILES string of the molecule is COc1ccc2cccnc2c1N1CCCN(C(CCC(C)=O)c2ccn(-c3ccccc3)n2)CC1. The zero-order valence-corrected chi connectivity index (χ0v) is 21.0. The third-order valence-corrected chi connectivity index (χ3v) is 6.96. The quantitative estimate of drug-likeness (QED) is 0.349. The molecule has 5 rings (SSSR count). The van der Waals surface area contributed by atoms with Crippen molar-refractivity contribution in [1.82, 2.24) is 19.7 Å². The van der Waals surface area contributed by atoms with Gasteiger partial charge in [0.05, 0.1) is 30.0 Å². The predicted octanol–water partition coefficient (Wildman–Crippen LogP) is 5.05. The molecule has 1 unspecified atom stereocenters. The Morgan fingerprint density at radius 1 is 1.00 bits per heavy atom. The minimum Gasteiger partial charge on any atom is -0.494 e. The fourth-order valence-electron chi connectivity index (χ4n) is 5.15. The smallest absolute Gasteiger partial charge is 0.144 e. The number of carbonyl (C=O) groups is 1. The first kappa shape index (κ1) is 24.0. The van der Waals surface area contributed by atoms with Crippen LogP contribution in [0.5, 0.6) is 5.75 Å². The van der Waals surface area contributed by atoms with Gasteiger partial charge in [-0.3, -0.25) is 9.88 Å². The molecule has 1 fully saturated rings. The van der Waals surface area contributed by atoms with Gasteiger partial charge in [-0.25, -0.2) is 4.68 Å². The highest BCUT2D eigenvalue weighted by molar-refractivity contribution is 5.94. The second kappa shape index (κ2) is 10.9. The highest BCUT2D eigenvalue weighted by atomic mass is 16.5. The van der Waals surface area contributed by atoms with Gasteiger partial charge in [0.1, 0.15) is 17.2 Å². The minimum absolute atomic E-state index is 0.0892. The summed E-state index contributed by atoms with van der Waals surface area (Å²) in [5.74, 6) is 1.06. The summed E-state index contributed by atoms with van der Waals surface area (Å²) in [6.07, 6.45) is 6.17. The predicted molar refractivity (Wildman–Crippen MR) is 143 cm³/mol. The first-order valence-electron chi connectivity index (χ1n) is 12.6. The van der Waals surface area contributed by atoms with Crippen molar-refractivity contribution in [1.29, 1.82) is 0 Å². The van der Waals surface area contributed by atoms with Crippen LogP contribution < -0.4 is 9.64 Å². The molecule has 0 radical (unpaired) electrons. The number of fused-ring (bicyclic) bond motifs is 1. The summed E-state index contributed by atoms with van der Waals surface area (Å²) in [6.45, 7) is 5.25. The van der Waals surface area contributed by atoms with Crippen molar-refractivity contribution in [2.75, 3.05) is 38.2 Å². The van der Waals surface area contributed by atoms with Crippen molar-refractivity contribution >= 4 is 22.4 Å². The molecule has 7 nitrogen and oxygen atoms in total. The monoisotopic (exact) mass is 483 g/mol. The largest absolute Gasteiger partial charge is 0.494 e. The van der Waals surface area contributed by atoms with E-state index in [4.69, 9.17) is 14.8 Å². The van der Waals surface area contributed by atoms with Crippen LogP contribution in [0.2, 0.25) is 0 Å². The number of rotatable bonds is 8. The first-order chi connectivity index (χ1) is 17.6. The van der Waals surface area contributed by atoms with E-state index >= 15 is 0 Å². The van der Waals surface area contributed by atoms with Gasteiger partial charge >= 0.3 is 0 Å². The summed E-state index contributed by atoms with van der Waals surface area (Å²) in [4.78, 5) is 21.5. The molecule has 0 aliphatic carbocycles. The van der Waals surface area contributed by atoms with Crippen LogP contribution in [0.25, 0.3) is 16.6 Å². The Balaban J connectivity index is 1.40. The molecule has 1 aliphatic rings. The molecule has 186 valence electrons. The fraction of sp³-hybridized carbons (Fsp3) is 0.345. The van der Waals surface area contributed by atoms with E-state index in [0.29, 0.717) is 6.42 Å². The van der Waals surface area contributed by atoms with Gasteiger partial charge in [-0.05, 0) is 56.2 Å². The molecule has 1 atom stereocenters. The van der Waals surface area contributed by atoms with E-state index in [0.717, 1.165) is 72.7 Å². The number of nitrogens with zero attached hydrogens (tertiary/aromatic N) is 5. The highest BCUT2D eigenvalue weighted by Crippen LogP contribution is 2.36. The van der Waals surface area contributed by atoms with Crippen LogP contribution >= 0.6 is 0 Å². The van der Waals surface area contributed by atoms with Crippen LogP contribution in [0.1, 0.15) is 37.9 Å². The third-order valence-electron chi connectivity index (χ3n) is 6.96. The summed E-state index contributed by atoms with van der Waals surface area (Å²) in [5, 5.41) is 6.04. The van der Waals surface area contributed by atoms with Crippen LogP contribution in [-0.4, -0.2) is 58.7 Å². The number of hydrogen-bond acceptors (Lipinski definition) is 6. The number of aromatic nitrogens is 3. The second-order valence-electron chi connectivity index (χ2n) is 9.35. The molecule has 7 heteroatoms. The standard InChI is InChI=1S/C29H33N5O2/c1-22(35)11-13-26(25-15-19-34(31-25)24-9-4-3-5-10-24)32-17-7-18-33(21-20-32)29-27(36-2)14-12-23-8-6-16-30-28(23)29/h3-6,8-10,12,14-16,19,26H,7,11,13,17-18,20-21H2,1-2H3. The van der Waals surface area contributed by atoms with Crippen LogP contribution in [0.4, 0.5) is 5.69 Å². The number of ether oxygens (including phenoxy) is 1. The number of pyridine rings is 1. The molecule has 0 N–H and O–H groups in total. The summed E-state index contributed by atoms with van der Waals surface area (Å²) >= 11 is 0. The van der Waals surface area contributed by atoms with Crippen molar-refractivity contribution in [2.24, 2.45) is 0 Å². The average molecular weight is 484 g/mol. The molecular weight excluding hydrogens is 450 g/mol. The molecular formula is C29H33N5O2. The number of benzene rings is 2. The maximum absolute atomic E-state index is 11.9. The molecule has 2 aromatic carbocycles. The summed E-state index contributed by atoms with van der Waals surface area (Å²) in [5.41, 5.74) is 4.08. The van der Waals surface area contributed by atoms with Crippen molar-refractivity contribution in [3.05, 3.63) is 78.8 Å². The Morgan fingerprint density at radius 3 is 2.67 bits per heavy atom. The van der Waals surface area contributed by atoms with Crippen LogP contribution in [-0.2, 0) is 4.79 Å². The van der Waals surface area contributed by atoms with Gasteiger partial charge in [0.25, 0.3) is 0 Å². The molecule has 1 aliphatic heterocycles. The molecule has 0 saturated carbocycles. The molecule has 0 amide bonds. The zero-order valence-electron chi connectivity index (χ0n) is 21.0. The number of anilines is 1. The van der Waals surface area contributed by atoms with E-state index < -0.39 is 0 Å². The highest BCUT2D eigenvalue weighted by Gasteiger charge is 2.27. The van der Waals surface area contributed by atoms with Crippen molar-refractivity contribution in [3.63, 3.8) is 0 Å². The van der Waals surface area contributed by atoms with Gasteiger partial charge in [0, 0.05) is 50.4 Å². The number of hydrogen-bond donors (Lipinski definition) is 0. The summed E-state index contributed by atoms with van der Waals surface area (Å²) in [7, 11) is 1.72. The van der Waals surface area contributed by atoms with Gasteiger partial charge < -0.3 is 14.4 Å². The lowest BCUT2D eigenvalue weighted by Gasteiger charge is -2.30. The van der Waals surface area contributed by atoms with E-state index in [9.17, 15) is 4.79 Å². The number of para-hydroxylation sites is 1. The van der Waals surface area contributed by atoms with Gasteiger partial charge in [-0.15, -0.1) is 0 Å². The van der Waals surface area contributed by atoms with E-state index in [-0.39, 0.29) is 11.8 Å². The lowest BCUT2D eigenvalue weighted by molar-refractivity contribution is -0.117. The van der Waals surface area contributed by atoms with Gasteiger partial charge in [-0.2, -0.15) is 5.10 Å². The third kappa shape index (κ3) is 5.11. The molecule has 2 aromatic heterocycles. The normalized spacial score (nSPS) is 15.6. The van der Waals surface area contributed by atoms with E-state index in [2.05, 4.69) is 40.1 Å². The van der Waals surface area contributed by atoms with Crippen LogP contribution in [0.3, 0.4) is 0 Å². The second-order valence-corrected chi connectivity index (χ2v) is 9.35. The maximum atomic E-state index is 11.9. The molecule has 0 spiro atoms. The number of methoxy groups -OCH3 is 1. The minimum atomic E-state index is 0.0892. The molecule has 4 aromatic rings. The summed E-state index contributed by atoms with van der Waals surface area (Å²) < 4.78 is 7.68.